The van der Waals surface area contributed by atoms with Crippen LogP contribution in [0.3, 0.4) is 0 Å². The third-order valence-corrected chi connectivity index (χ3v) is 4.88. The van der Waals surface area contributed by atoms with Crippen molar-refractivity contribution in [3.63, 3.8) is 0 Å². The number of aryl methyl sites for hydroxylation is 1. The van der Waals surface area contributed by atoms with Gasteiger partial charge in [0.1, 0.15) is 11.7 Å². The topological polar surface area (TPSA) is 71.5 Å². The Balaban J connectivity index is 1.85. The molecule has 1 unspecified atom stereocenters. The van der Waals surface area contributed by atoms with Crippen molar-refractivity contribution >= 4 is 44.1 Å². The Morgan fingerprint density at radius 2 is 2.33 bits per heavy atom. The van der Waals surface area contributed by atoms with Gasteiger partial charge in [-0.3, -0.25) is 4.79 Å². The van der Waals surface area contributed by atoms with Crippen molar-refractivity contribution in [3.8, 4) is 5.75 Å². The van der Waals surface area contributed by atoms with Gasteiger partial charge in [-0.25, -0.2) is 4.98 Å². The van der Waals surface area contributed by atoms with E-state index in [4.69, 9.17) is 4.74 Å². The number of hydrogen-bond acceptors (Lipinski definition) is 5. The number of anilines is 2. The average molecular weight is 369 g/mol. The number of methoxy groups -OCH3 is 1. The molecule has 0 aliphatic heterocycles. The molecule has 0 amide bonds. The third kappa shape index (κ3) is 2.89. The lowest BCUT2D eigenvalue weighted by Crippen LogP contribution is -2.08. The van der Waals surface area contributed by atoms with Gasteiger partial charge >= 0.3 is 5.97 Å². The Morgan fingerprint density at radius 3 is 3.05 bits per heavy atom. The highest BCUT2D eigenvalue weighted by atomic mass is 79.9. The quantitative estimate of drug-likeness (QED) is 0.859. The lowest BCUT2D eigenvalue weighted by Gasteiger charge is -2.07. The Morgan fingerprint density at radius 1 is 1.52 bits per heavy atom. The number of aromatic nitrogens is 1. The number of carboxylic acid groups (broad SMARTS) is 1. The van der Waals surface area contributed by atoms with Gasteiger partial charge in [0.2, 0.25) is 0 Å². The maximum atomic E-state index is 11.2. The summed E-state index contributed by atoms with van der Waals surface area (Å²) in [6, 6.07) is 5.66. The monoisotopic (exact) mass is 368 g/mol. The van der Waals surface area contributed by atoms with Crippen molar-refractivity contribution in [1.82, 2.24) is 4.98 Å². The molecule has 0 spiro atoms. The van der Waals surface area contributed by atoms with Gasteiger partial charge in [0.15, 0.2) is 5.13 Å². The van der Waals surface area contributed by atoms with Gasteiger partial charge in [0.25, 0.3) is 0 Å². The largest absolute Gasteiger partial charge is 0.497 e. The van der Waals surface area contributed by atoms with E-state index in [0.717, 1.165) is 27.2 Å². The molecule has 1 aliphatic rings. The molecular formula is C14H13BrN2O3S. The molecule has 0 radical (unpaired) electrons. The van der Waals surface area contributed by atoms with Crippen LogP contribution in [0.5, 0.6) is 5.75 Å². The molecule has 0 saturated heterocycles. The fourth-order valence-corrected chi connectivity index (χ4v) is 3.93. The minimum absolute atomic E-state index is 0.469. The summed E-state index contributed by atoms with van der Waals surface area (Å²) in [6.45, 7) is 0. The average Bonchev–Trinajstić information content (AvgIpc) is 2.97. The first-order chi connectivity index (χ1) is 10.1. The Labute approximate surface area is 134 Å². The number of rotatable bonds is 4. The van der Waals surface area contributed by atoms with Gasteiger partial charge in [-0.05, 0) is 25.0 Å². The maximum Gasteiger partial charge on any atom is 0.312 e. The van der Waals surface area contributed by atoms with E-state index in [1.165, 1.54) is 11.3 Å². The van der Waals surface area contributed by atoms with E-state index in [2.05, 4.69) is 26.2 Å². The molecule has 110 valence electrons. The van der Waals surface area contributed by atoms with Crippen LogP contribution in [0.1, 0.15) is 22.9 Å². The van der Waals surface area contributed by atoms with Crippen LogP contribution in [-0.2, 0) is 11.2 Å². The molecule has 21 heavy (non-hydrogen) atoms. The first-order valence-corrected chi connectivity index (χ1v) is 8.02. The van der Waals surface area contributed by atoms with Crippen molar-refractivity contribution < 1.29 is 14.6 Å². The molecule has 1 heterocycles. The molecule has 2 aromatic rings. The lowest BCUT2D eigenvalue weighted by atomic mass is 10.1. The van der Waals surface area contributed by atoms with Gasteiger partial charge in [-0.15, -0.1) is 11.3 Å². The summed E-state index contributed by atoms with van der Waals surface area (Å²) in [6.07, 6.45) is 1.43. The maximum absolute atomic E-state index is 11.2. The molecule has 1 aliphatic carbocycles. The summed E-state index contributed by atoms with van der Waals surface area (Å²) in [5.74, 6) is -0.530. The van der Waals surface area contributed by atoms with Gasteiger partial charge in [-0.1, -0.05) is 15.9 Å². The fraction of sp³-hybridized carbons (Fsp3) is 0.286. The zero-order valence-corrected chi connectivity index (χ0v) is 13.6. The smallest absolute Gasteiger partial charge is 0.312 e. The first kappa shape index (κ1) is 14.3. The van der Waals surface area contributed by atoms with Crippen molar-refractivity contribution in [2.75, 3.05) is 12.4 Å². The molecule has 2 N–H and O–H groups in total. The van der Waals surface area contributed by atoms with Crippen LogP contribution in [0.4, 0.5) is 10.8 Å². The minimum atomic E-state index is -0.797. The number of halogens is 1. The molecule has 7 heteroatoms. The van der Waals surface area contributed by atoms with E-state index in [1.807, 2.05) is 18.2 Å². The molecule has 0 saturated carbocycles. The second-order valence-corrected chi connectivity index (χ2v) is 6.76. The fourth-order valence-electron chi connectivity index (χ4n) is 2.40. The van der Waals surface area contributed by atoms with Gasteiger partial charge in [0.05, 0.1) is 12.8 Å². The predicted molar refractivity (Wildman–Crippen MR) is 84.8 cm³/mol. The number of hydrogen-bond donors (Lipinski definition) is 2. The van der Waals surface area contributed by atoms with Crippen molar-refractivity contribution in [3.05, 3.63) is 33.2 Å². The second kappa shape index (κ2) is 5.65. The molecular weight excluding hydrogens is 356 g/mol. The van der Waals surface area contributed by atoms with Crippen LogP contribution in [0.25, 0.3) is 0 Å². The number of thiazole rings is 1. The van der Waals surface area contributed by atoms with Crippen LogP contribution in [0.2, 0.25) is 0 Å². The number of benzene rings is 1. The predicted octanol–water partition coefficient (Wildman–Crippen LogP) is 3.77. The highest BCUT2D eigenvalue weighted by Crippen LogP contribution is 2.39. The van der Waals surface area contributed by atoms with Crippen molar-refractivity contribution in [2.45, 2.75) is 18.8 Å². The number of carboxylic acids is 1. The van der Waals surface area contributed by atoms with E-state index in [9.17, 15) is 9.90 Å². The summed E-state index contributed by atoms with van der Waals surface area (Å²) in [7, 11) is 1.61. The van der Waals surface area contributed by atoms with Crippen LogP contribution < -0.4 is 10.1 Å². The molecule has 0 bridgehead atoms. The summed E-state index contributed by atoms with van der Waals surface area (Å²) in [5, 5.41) is 13.1. The van der Waals surface area contributed by atoms with E-state index in [-0.39, 0.29) is 0 Å². The summed E-state index contributed by atoms with van der Waals surface area (Å²) in [4.78, 5) is 16.7. The molecule has 1 aromatic carbocycles. The van der Waals surface area contributed by atoms with Gasteiger partial charge < -0.3 is 15.2 Å². The number of ether oxygens (including phenoxy) is 1. The van der Waals surface area contributed by atoms with Crippen molar-refractivity contribution in [2.24, 2.45) is 0 Å². The zero-order valence-electron chi connectivity index (χ0n) is 11.2. The first-order valence-electron chi connectivity index (χ1n) is 6.41. The van der Waals surface area contributed by atoms with Crippen LogP contribution in [0.15, 0.2) is 22.7 Å². The number of fused-ring (bicyclic) bond motifs is 1. The molecule has 5 nitrogen and oxygen atoms in total. The number of aliphatic carboxylic acids is 1. The lowest BCUT2D eigenvalue weighted by molar-refractivity contribution is -0.138. The Hall–Kier alpha value is -1.60. The molecule has 3 rings (SSSR count). The molecule has 1 aromatic heterocycles. The van der Waals surface area contributed by atoms with E-state index < -0.39 is 11.9 Å². The van der Waals surface area contributed by atoms with E-state index in [0.29, 0.717) is 17.2 Å². The highest BCUT2D eigenvalue weighted by molar-refractivity contribution is 9.10. The van der Waals surface area contributed by atoms with Crippen LogP contribution >= 0.6 is 27.3 Å². The third-order valence-electron chi connectivity index (χ3n) is 3.37. The molecule has 0 fully saturated rings. The highest BCUT2D eigenvalue weighted by Gasteiger charge is 2.32. The molecule has 1 atom stereocenters. The summed E-state index contributed by atoms with van der Waals surface area (Å²) < 4.78 is 6.12. The summed E-state index contributed by atoms with van der Waals surface area (Å²) >= 11 is 4.94. The minimum Gasteiger partial charge on any atom is -0.497 e. The van der Waals surface area contributed by atoms with E-state index >= 15 is 0 Å². The van der Waals surface area contributed by atoms with Crippen LogP contribution in [-0.4, -0.2) is 23.2 Å². The summed E-state index contributed by atoms with van der Waals surface area (Å²) in [5.41, 5.74) is 1.55. The van der Waals surface area contributed by atoms with Gasteiger partial charge in [0, 0.05) is 21.1 Å². The number of nitrogens with one attached hydrogen (secondary N) is 1. The normalized spacial score (nSPS) is 16.6. The Kier molecular flexibility index (Phi) is 3.86. The van der Waals surface area contributed by atoms with Crippen molar-refractivity contribution in [1.29, 1.82) is 0 Å². The van der Waals surface area contributed by atoms with Gasteiger partial charge in [-0.2, -0.15) is 0 Å². The zero-order chi connectivity index (χ0) is 15.0. The number of carbonyl (C=O) groups is 1. The second-order valence-electron chi connectivity index (χ2n) is 4.76. The standard InChI is InChI=1S/C14H13BrN2O3S/c1-20-9-5-7(15)4-8(6-9)16-14-17-12-10(13(18)19)2-3-11(12)21-14/h4-6,10H,2-3H2,1H3,(H,16,17)(H,18,19). The van der Waals surface area contributed by atoms with Crippen LogP contribution in [0, 0.1) is 0 Å². The SMILES string of the molecule is COc1cc(Br)cc(Nc2nc3c(s2)CCC3C(=O)O)c1. The number of nitrogens with zero attached hydrogens (tertiary/aromatic N) is 1. The van der Waals surface area contributed by atoms with E-state index in [1.54, 1.807) is 7.11 Å². The Bertz CT molecular complexity index is 702.